The Hall–Kier alpha value is 3.00. The van der Waals surface area contributed by atoms with Gasteiger partial charge in [0.05, 0.1) is 0 Å². The Morgan fingerprint density at radius 1 is 1.00 bits per heavy atom. The van der Waals surface area contributed by atoms with Crippen molar-refractivity contribution in [2.75, 3.05) is 0 Å². The van der Waals surface area contributed by atoms with Gasteiger partial charge in [-0.1, -0.05) is 0 Å². The molecule has 0 fully saturated rings. The Bertz CT molecular complexity index is 16.9. The topological polar surface area (TPSA) is 129 Å². The Balaban J connectivity index is -0.00000000450. The molecule has 9 heavy (non-hydrogen) atoms. The molecule has 0 amide bonds. The van der Waals surface area contributed by atoms with E-state index in [1.54, 1.807) is 0 Å². The summed E-state index contributed by atoms with van der Waals surface area (Å²) in [7, 11) is -3.12. The van der Waals surface area contributed by atoms with Gasteiger partial charge in [0.25, 0.3) is 0 Å². The van der Waals surface area contributed by atoms with Crippen LogP contribution in [0.2, 0.25) is 0 Å². The van der Waals surface area contributed by atoms with E-state index in [1.165, 1.54) is 0 Å². The first kappa shape index (κ1) is 40.3. The van der Waals surface area contributed by atoms with Crippen LogP contribution in [0.1, 0.15) is 0 Å². The molecule has 5 nitrogen and oxygen atoms in total. The van der Waals surface area contributed by atoms with Gasteiger partial charge in [0.15, 0.2) is 0 Å². The van der Waals surface area contributed by atoms with Crippen molar-refractivity contribution in [1.29, 1.82) is 0 Å². The van der Waals surface area contributed by atoms with Crippen molar-refractivity contribution in [3.8, 4) is 0 Å². The monoisotopic (exact) mass is 740 g/mol. The van der Waals surface area contributed by atoms with E-state index in [2.05, 4.69) is 0 Å². The van der Waals surface area contributed by atoms with Crippen molar-refractivity contribution < 1.29 is 25.6 Å². The quantitative estimate of drug-likeness (QED) is 0.198. The largest absolute Gasteiger partial charge is 2.00 e. The van der Waals surface area contributed by atoms with E-state index in [1.807, 2.05) is 0 Å². The Kier molecular flexibility index (Phi) is 137. The third-order valence-corrected chi connectivity index (χ3v) is 0. The fourth-order valence-electron chi connectivity index (χ4n) is 0. The molecule has 5 N–H and O–H groups in total. The molecule has 52 valence electrons. The minimum Gasteiger partial charge on any atom is -0.820 e. The zero-order chi connectivity index (χ0) is 3.58. The molecule has 0 rings (SSSR count). The molecule has 0 unspecified atom stereocenters. The van der Waals surface area contributed by atoms with E-state index in [0.717, 1.165) is 0 Å². The standard InChI is InChI=1S/HO3P.2H2O.3Pb/c1-4(2)3;;;;;/h1H;2*1H2;;;/q-2;;;;;+2. The number of hydrogen-bond acceptors (Lipinski definition) is 3. The average Bonchev–Trinajstić information content (AvgIpc) is 0.811. The summed E-state index contributed by atoms with van der Waals surface area (Å²) in [4.78, 5) is 24.2. The van der Waals surface area contributed by atoms with Crippen molar-refractivity contribution in [3.05, 3.63) is 0 Å². The second-order valence-corrected chi connectivity index (χ2v) is 0.714. The van der Waals surface area contributed by atoms with Crippen LogP contribution in [0.15, 0.2) is 0 Å². The molecule has 0 aromatic heterocycles. The predicted octanol–water partition coefficient (Wildman–Crippen LogP) is -4.87. The first-order valence-corrected chi connectivity index (χ1v) is 1.70. The zero-order valence-corrected chi connectivity index (χ0v) is 16.8. The summed E-state index contributed by atoms with van der Waals surface area (Å²) in [6.07, 6.45) is 0. The van der Waals surface area contributed by atoms with Gasteiger partial charge in [0, 0.05) is 54.6 Å². The number of hydrogen-bond donors (Lipinski definition) is 1. The summed E-state index contributed by atoms with van der Waals surface area (Å²) in [5, 5.41) is 0. The first-order valence-electron chi connectivity index (χ1n) is 0.565. The second-order valence-electron chi connectivity index (χ2n) is 0.238. The second kappa shape index (κ2) is 30.6. The third-order valence-electron chi connectivity index (χ3n) is 0. The smallest absolute Gasteiger partial charge is 0.820 e. The van der Waals surface area contributed by atoms with Crippen molar-refractivity contribution in [2.45, 2.75) is 0 Å². The van der Waals surface area contributed by atoms with E-state index < -0.39 is 8.60 Å². The fraction of sp³-hybridized carbons (Fsp3) is 0. The summed E-state index contributed by atoms with van der Waals surface area (Å²) < 4.78 is 0. The Morgan fingerprint density at radius 2 is 1.00 bits per heavy atom. The van der Waals surface area contributed by atoms with Crippen LogP contribution in [0, 0.1) is 0 Å². The molecule has 0 saturated heterocycles. The van der Waals surface area contributed by atoms with Crippen LogP contribution in [0.25, 0.3) is 0 Å². The maximum atomic E-state index is 8.59. The number of rotatable bonds is 0. The molecular formula is H5O5PPb3. The zero-order valence-electron chi connectivity index (χ0n) is 4.21. The molecule has 0 saturated carbocycles. The molecule has 9 heteroatoms. The van der Waals surface area contributed by atoms with Crippen molar-refractivity contribution in [3.63, 3.8) is 0 Å². The molecule has 0 aromatic carbocycles. The van der Waals surface area contributed by atoms with Crippen molar-refractivity contribution in [1.82, 2.24) is 0 Å². The van der Waals surface area contributed by atoms with Gasteiger partial charge in [-0.3, -0.25) is 0 Å². The molecule has 0 spiro atoms. The first-order chi connectivity index (χ1) is 1.73. The fourth-order valence-corrected chi connectivity index (χ4v) is 0. The molecule has 0 aromatic rings. The van der Waals surface area contributed by atoms with E-state index in [9.17, 15) is 0 Å². The van der Waals surface area contributed by atoms with Gasteiger partial charge in [-0.05, 0) is 0 Å². The van der Waals surface area contributed by atoms with E-state index in [4.69, 9.17) is 14.7 Å². The molecule has 0 aliphatic rings. The summed E-state index contributed by atoms with van der Waals surface area (Å²) >= 11 is 0. The summed E-state index contributed by atoms with van der Waals surface area (Å²) in [5.74, 6) is 0. The Morgan fingerprint density at radius 3 is 1.00 bits per heavy atom. The molecular weight excluding hydrogens is 733 g/mol. The summed E-state index contributed by atoms with van der Waals surface area (Å²) in [5.41, 5.74) is 0. The minimum absolute atomic E-state index is 0. The van der Waals surface area contributed by atoms with E-state index in [0.29, 0.717) is 0 Å². The van der Waals surface area contributed by atoms with Gasteiger partial charge in [-0.15, -0.1) is 0 Å². The Labute approximate surface area is 114 Å². The van der Waals surface area contributed by atoms with Gasteiger partial charge in [-0.25, -0.2) is 0 Å². The van der Waals surface area contributed by atoms with Gasteiger partial charge in [0.2, 0.25) is 0 Å². The van der Waals surface area contributed by atoms with Gasteiger partial charge in [0.1, 0.15) is 0 Å². The maximum absolute atomic E-state index is 8.59. The average molecular weight is 738 g/mol. The van der Waals surface area contributed by atoms with Crippen LogP contribution in [0.5, 0.6) is 0 Å². The maximum Gasteiger partial charge on any atom is 2.00 e. The van der Waals surface area contributed by atoms with Crippen LogP contribution in [0.4, 0.5) is 0 Å². The van der Waals surface area contributed by atoms with Gasteiger partial charge >= 0.3 is 27.3 Å². The molecule has 10 radical (unpaired) electrons. The van der Waals surface area contributed by atoms with Gasteiger partial charge < -0.3 is 25.6 Å². The summed E-state index contributed by atoms with van der Waals surface area (Å²) in [6.45, 7) is 0. The van der Waals surface area contributed by atoms with E-state index >= 15 is 0 Å². The molecule has 0 bridgehead atoms. The summed E-state index contributed by atoms with van der Waals surface area (Å²) in [6, 6.07) is 0. The predicted molar refractivity (Wildman–Crippen MR) is 33.6 cm³/mol. The van der Waals surface area contributed by atoms with E-state index in [-0.39, 0.29) is 92.8 Å². The minimum atomic E-state index is -3.12. The van der Waals surface area contributed by atoms with Gasteiger partial charge in [-0.2, -0.15) is 8.60 Å². The van der Waals surface area contributed by atoms with Crippen LogP contribution in [-0.2, 0) is 0 Å². The van der Waals surface area contributed by atoms with Crippen LogP contribution >= 0.6 is 8.60 Å². The molecule has 0 aliphatic heterocycles. The van der Waals surface area contributed by atoms with Crippen LogP contribution in [0.3, 0.4) is 0 Å². The molecule has 0 atom stereocenters. The normalized spacial score (nSPS) is 4.00. The van der Waals surface area contributed by atoms with Crippen LogP contribution < -0.4 is 9.79 Å². The van der Waals surface area contributed by atoms with Crippen molar-refractivity contribution >= 4 is 90.5 Å². The molecule has 0 aliphatic carbocycles. The van der Waals surface area contributed by atoms with Crippen molar-refractivity contribution in [2.24, 2.45) is 0 Å². The third kappa shape index (κ3) is 99.1. The SMILES string of the molecule is O.O.[O-]P([O-])O.[Pb+2].[Pb].[Pb]. The van der Waals surface area contributed by atoms with Crippen LogP contribution in [-0.4, -0.2) is 97.7 Å². The molecule has 0 heterocycles.